The fraction of sp³-hybridized carbons (Fsp3) is 0.533. The Morgan fingerprint density at radius 3 is 2.50 bits per heavy atom. The van der Waals surface area contributed by atoms with Gasteiger partial charge in [0.2, 0.25) is 0 Å². The van der Waals surface area contributed by atoms with Crippen molar-refractivity contribution in [1.82, 2.24) is 9.80 Å². The predicted molar refractivity (Wildman–Crippen MR) is 76.5 cm³/mol. The Hall–Kier alpha value is -1.43. The number of rotatable bonds is 6. The third-order valence-electron chi connectivity index (χ3n) is 3.53. The summed E-state index contributed by atoms with van der Waals surface area (Å²) < 4.78 is 5.15. The van der Waals surface area contributed by atoms with Gasteiger partial charge in [0.15, 0.2) is 0 Å². The fourth-order valence-electron chi connectivity index (χ4n) is 2.54. The Kier molecular flexibility index (Phi) is 5.52. The van der Waals surface area contributed by atoms with Crippen LogP contribution < -0.4 is 0 Å². The lowest BCUT2D eigenvalue weighted by atomic mass is 10.1. The summed E-state index contributed by atoms with van der Waals surface area (Å²) in [6, 6.07) is 8.43. The van der Waals surface area contributed by atoms with Gasteiger partial charge in [-0.15, -0.1) is 0 Å². The minimum Gasteiger partial charge on any atom is -0.480 e. The van der Waals surface area contributed by atoms with Crippen LogP contribution >= 0.6 is 0 Å². The molecule has 20 heavy (non-hydrogen) atoms. The van der Waals surface area contributed by atoms with Gasteiger partial charge in [-0.1, -0.05) is 24.3 Å². The Labute approximate surface area is 119 Å². The number of aliphatic carboxylic acids is 1. The largest absolute Gasteiger partial charge is 0.480 e. The van der Waals surface area contributed by atoms with Gasteiger partial charge in [-0.2, -0.15) is 0 Å². The quantitative estimate of drug-likeness (QED) is 0.842. The van der Waals surface area contributed by atoms with Gasteiger partial charge in [-0.05, 0) is 11.1 Å². The second kappa shape index (κ2) is 7.38. The van der Waals surface area contributed by atoms with Gasteiger partial charge in [0.25, 0.3) is 0 Å². The highest BCUT2D eigenvalue weighted by Crippen LogP contribution is 2.11. The van der Waals surface area contributed by atoms with E-state index in [1.165, 1.54) is 11.1 Å². The first-order valence-electron chi connectivity index (χ1n) is 6.90. The van der Waals surface area contributed by atoms with Crippen LogP contribution in [0.4, 0.5) is 0 Å². The molecule has 110 valence electrons. The van der Waals surface area contributed by atoms with E-state index in [-0.39, 0.29) is 6.54 Å². The van der Waals surface area contributed by atoms with Gasteiger partial charge in [-0.3, -0.25) is 14.6 Å². The minimum atomic E-state index is -0.745. The zero-order valence-electron chi connectivity index (χ0n) is 11.9. The topological polar surface area (TPSA) is 53.0 Å². The number of hydrogen-bond acceptors (Lipinski definition) is 4. The van der Waals surface area contributed by atoms with E-state index in [1.54, 1.807) is 7.11 Å². The highest BCUT2D eigenvalue weighted by atomic mass is 16.5. The number of carboxylic acid groups (broad SMARTS) is 1. The molecule has 1 aliphatic heterocycles. The van der Waals surface area contributed by atoms with Gasteiger partial charge in [0.1, 0.15) is 0 Å². The lowest BCUT2D eigenvalue weighted by Crippen LogP contribution is -2.47. The number of piperazine rings is 1. The molecule has 1 aromatic carbocycles. The monoisotopic (exact) mass is 278 g/mol. The van der Waals surface area contributed by atoms with E-state index in [0.717, 1.165) is 32.7 Å². The molecular formula is C15H22N2O3. The van der Waals surface area contributed by atoms with Crippen LogP contribution in [0.25, 0.3) is 0 Å². The maximum absolute atomic E-state index is 10.7. The average molecular weight is 278 g/mol. The summed E-state index contributed by atoms with van der Waals surface area (Å²) in [7, 11) is 1.70. The molecule has 0 atom stereocenters. The summed E-state index contributed by atoms with van der Waals surface area (Å²) in [5, 5.41) is 8.78. The van der Waals surface area contributed by atoms with Crippen molar-refractivity contribution in [1.29, 1.82) is 0 Å². The van der Waals surface area contributed by atoms with E-state index in [1.807, 2.05) is 4.90 Å². The molecule has 1 N–H and O–H groups in total. The van der Waals surface area contributed by atoms with Crippen molar-refractivity contribution in [3.63, 3.8) is 0 Å². The first-order valence-corrected chi connectivity index (χ1v) is 6.90. The summed E-state index contributed by atoms with van der Waals surface area (Å²) >= 11 is 0. The predicted octanol–water partition coefficient (Wildman–Crippen LogP) is 1.04. The molecule has 5 nitrogen and oxygen atoms in total. The molecular weight excluding hydrogens is 256 g/mol. The minimum absolute atomic E-state index is 0.150. The van der Waals surface area contributed by atoms with Crippen molar-refractivity contribution in [3.8, 4) is 0 Å². The van der Waals surface area contributed by atoms with Gasteiger partial charge in [0, 0.05) is 39.8 Å². The van der Waals surface area contributed by atoms with Crippen LogP contribution in [0.1, 0.15) is 11.1 Å². The lowest BCUT2D eigenvalue weighted by molar-refractivity contribution is -0.138. The maximum atomic E-state index is 10.7. The fourth-order valence-corrected chi connectivity index (χ4v) is 2.54. The van der Waals surface area contributed by atoms with Crippen molar-refractivity contribution in [2.45, 2.75) is 13.2 Å². The smallest absolute Gasteiger partial charge is 0.317 e. The summed E-state index contributed by atoms with van der Waals surface area (Å²) in [5.74, 6) is -0.745. The molecule has 0 spiro atoms. The summed E-state index contributed by atoms with van der Waals surface area (Å²) in [6.45, 7) is 5.19. The van der Waals surface area contributed by atoms with E-state index in [0.29, 0.717) is 6.61 Å². The van der Waals surface area contributed by atoms with E-state index < -0.39 is 5.97 Å². The third kappa shape index (κ3) is 4.59. The van der Waals surface area contributed by atoms with Crippen molar-refractivity contribution in [2.24, 2.45) is 0 Å². The SMILES string of the molecule is COCc1cccc(CN2CCN(CC(=O)O)CC2)c1. The molecule has 1 aliphatic rings. The standard InChI is InChI=1S/C15H22N2O3/c1-20-12-14-4-2-3-13(9-14)10-16-5-7-17(8-6-16)11-15(18)19/h2-4,9H,5-8,10-12H2,1H3,(H,18,19). The van der Waals surface area contributed by atoms with Crippen LogP contribution in [-0.4, -0.2) is 60.7 Å². The first-order chi connectivity index (χ1) is 9.67. The zero-order chi connectivity index (χ0) is 14.4. The Bertz CT molecular complexity index is 442. The van der Waals surface area contributed by atoms with Crippen LogP contribution in [0, 0.1) is 0 Å². The summed E-state index contributed by atoms with van der Waals surface area (Å²) in [6.07, 6.45) is 0. The molecule has 0 radical (unpaired) electrons. The van der Waals surface area contributed by atoms with E-state index in [4.69, 9.17) is 9.84 Å². The zero-order valence-corrected chi connectivity index (χ0v) is 11.9. The molecule has 0 bridgehead atoms. The number of carboxylic acids is 1. The van der Waals surface area contributed by atoms with Crippen molar-refractivity contribution < 1.29 is 14.6 Å². The first kappa shape index (κ1) is 15.0. The normalized spacial score (nSPS) is 17.2. The molecule has 5 heteroatoms. The maximum Gasteiger partial charge on any atom is 0.317 e. The Morgan fingerprint density at radius 1 is 1.20 bits per heavy atom. The molecule has 0 aromatic heterocycles. The molecule has 0 aliphatic carbocycles. The van der Waals surface area contributed by atoms with Crippen LogP contribution in [0.2, 0.25) is 0 Å². The molecule has 2 rings (SSSR count). The highest BCUT2D eigenvalue weighted by molar-refractivity contribution is 5.69. The van der Waals surface area contributed by atoms with Crippen molar-refractivity contribution in [2.75, 3.05) is 39.8 Å². The number of carbonyl (C=O) groups is 1. The van der Waals surface area contributed by atoms with Gasteiger partial charge < -0.3 is 9.84 Å². The van der Waals surface area contributed by atoms with E-state index in [9.17, 15) is 4.79 Å². The van der Waals surface area contributed by atoms with Crippen LogP contribution in [0.15, 0.2) is 24.3 Å². The molecule has 1 fully saturated rings. The van der Waals surface area contributed by atoms with Crippen LogP contribution in [0.5, 0.6) is 0 Å². The van der Waals surface area contributed by atoms with Crippen LogP contribution in [0.3, 0.4) is 0 Å². The molecule has 0 unspecified atom stereocenters. The number of benzene rings is 1. The molecule has 0 amide bonds. The van der Waals surface area contributed by atoms with Gasteiger partial charge in [-0.25, -0.2) is 0 Å². The Morgan fingerprint density at radius 2 is 1.85 bits per heavy atom. The number of nitrogens with zero attached hydrogens (tertiary/aromatic N) is 2. The molecule has 1 saturated heterocycles. The second-order valence-electron chi connectivity index (χ2n) is 5.20. The lowest BCUT2D eigenvalue weighted by Gasteiger charge is -2.33. The van der Waals surface area contributed by atoms with Crippen LogP contribution in [-0.2, 0) is 22.7 Å². The second-order valence-corrected chi connectivity index (χ2v) is 5.20. The van der Waals surface area contributed by atoms with E-state index >= 15 is 0 Å². The van der Waals surface area contributed by atoms with Crippen molar-refractivity contribution >= 4 is 5.97 Å². The van der Waals surface area contributed by atoms with Gasteiger partial charge in [0.05, 0.1) is 13.2 Å². The Balaban J connectivity index is 1.83. The number of hydrogen-bond donors (Lipinski definition) is 1. The summed E-state index contributed by atoms with van der Waals surface area (Å²) in [5.41, 5.74) is 2.47. The molecule has 1 heterocycles. The number of methoxy groups -OCH3 is 1. The average Bonchev–Trinajstić information content (AvgIpc) is 2.41. The third-order valence-corrected chi connectivity index (χ3v) is 3.53. The van der Waals surface area contributed by atoms with Crippen molar-refractivity contribution in [3.05, 3.63) is 35.4 Å². The molecule has 0 saturated carbocycles. The number of ether oxygens (including phenoxy) is 1. The highest BCUT2D eigenvalue weighted by Gasteiger charge is 2.18. The summed E-state index contributed by atoms with van der Waals surface area (Å²) in [4.78, 5) is 15.0. The van der Waals surface area contributed by atoms with Gasteiger partial charge >= 0.3 is 5.97 Å². The molecule has 1 aromatic rings. The van der Waals surface area contributed by atoms with E-state index in [2.05, 4.69) is 29.2 Å².